The zero-order valence-electron chi connectivity index (χ0n) is 10.5. The summed E-state index contributed by atoms with van der Waals surface area (Å²) in [6, 6.07) is 6.19. The van der Waals surface area contributed by atoms with Crippen LogP contribution >= 0.6 is 0 Å². The Morgan fingerprint density at radius 2 is 2.06 bits per heavy atom. The zero-order chi connectivity index (χ0) is 13.2. The number of nitrogens with zero attached hydrogens (tertiary/aromatic N) is 1. The van der Waals surface area contributed by atoms with Gasteiger partial charge in [0.1, 0.15) is 11.6 Å². The summed E-state index contributed by atoms with van der Waals surface area (Å²) in [6.07, 6.45) is 3.71. The molecule has 0 amide bonds. The lowest BCUT2D eigenvalue weighted by Gasteiger charge is -2.21. The maximum absolute atomic E-state index is 13.6. The predicted molar refractivity (Wildman–Crippen MR) is 65.7 cm³/mol. The second-order valence-electron chi connectivity index (χ2n) is 5.29. The van der Waals surface area contributed by atoms with Crippen LogP contribution in [0.25, 0.3) is 0 Å². The molecule has 0 aliphatic heterocycles. The van der Waals surface area contributed by atoms with E-state index < -0.39 is 17.0 Å². The second kappa shape index (κ2) is 5.06. The first-order valence-corrected chi connectivity index (χ1v) is 6.44. The Balaban J connectivity index is 2.25. The minimum absolute atomic E-state index is 0.0656. The highest BCUT2D eigenvalue weighted by molar-refractivity contribution is 5.24. The molecule has 0 N–H and O–H groups in total. The quantitative estimate of drug-likeness (QED) is 0.786. The molecule has 0 bridgehead atoms. The van der Waals surface area contributed by atoms with E-state index in [0.29, 0.717) is 5.92 Å². The van der Waals surface area contributed by atoms with E-state index in [0.717, 1.165) is 25.7 Å². The third-order valence-corrected chi connectivity index (χ3v) is 4.10. The molecule has 3 heteroatoms. The van der Waals surface area contributed by atoms with Crippen molar-refractivity contribution >= 4 is 0 Å². The summed E-state index contributed by atoms with van der Waals surface area (Å²) in [5.74, 6) is -0.561. The highest BCUT2D eigenvalue weighted by atomic mass is 19.1. The normalized spacial score (nSPS) is 27.1. The number of hydrogen-bond donors (Lipinski definition) is 0. The standard InChI is InChI=1S/C15H17F2N/c1-2-11-6-7-15(8-11,10-18)9-12-13(16)4-3-5-14(12)17/h3-5,11H,2,6-9H2,1H3. The lowest BCUT2D eigenvalue weighted by molar-refractivity contribution is 0.367. The van der Waals surface area contributed by atoms with Gasteiger partial charge in [0.15, 0.2) is 0 Å². The van der Waals surface area contributed by atoms with Crippen molar-refractivity contribution < 1.29 is 8.78 Å². The fourth-order valence-corrected chi connectivity index (χ4v) is 2.93. The minimum atomic E-state index is -0.580. The third-order valence-electron chi connectivity index (χ3n) is 4.10. The van der Waals surface area contributed by atoms with Crippen LogP contribution in [-0.2, 0) is 6.42 Å². The van der Waals surface area contributed by atoms with Gasteiger partial charge in [-0.2, -0.15) is 5.26 Å². The Morgan fingerprint density at radius 1 is 1.39 bits per heavy atom. The van der Waals surface area contributed by atoms with Crippen molar-refractivity contribution in [2.75, 3.05) is 0 Å². The van der Waals surface area contributed by atoms with Crippen molar-refractivity contribution in [3.05, 3.63) is 35.4 Å². The first-order valence-electron chi connectivity index (χ1n) is 6.44. The number of rotatable bonds is 3. The van der Waals surface area contributed by atoms with E-state index in [-0.39, 0.29) is 12.0 Å². The topological polar surface area (TPSA) is 23.8 Å². The fraction of sp³-hybridized carbons (Fsp3) is 0.533. The van der Waals surface area contributed by atoms with Gasteiger partial charge in [0.05, 0.1) is 11.5 Å². The Bertz CT molecular complexity index is 458. The molecule has 2 rings (SSSR count). The van der Waals surface area contributed by atoms with Crippen molar-refractivity contribution in [3.63, 3.8) is 0 Å². The summed E-state index contributed by atoms with van der Waals surface area (Å²) < 4.78 is 27.3. The summed E-state index contributed by atoms with van der Waals surface area (Å²) in [6.45, 7) is 2.10. The lowest BCUT2D eigenvalue weighted by Crippen LogP contribution is -2.19. The average Bonchev–Trinajstić information content (AvgIpc) is 2.78. The van der Waals surface area contributed by atoms with E-state index in [1.807, 2.05) is 0 Å². The van der Waals surface area contributed by atoms with Crippen LogP contribution in [0.1, 0.15) is 38.2 Å². The molecule has 2 unspecified atom stereocenters. The van der Waals surface area contributed by atoms with Gasteiger partial charge < -0.3 is 0 Å². The molecule has 2 atom stereocenters. The largest absolute Gasteiger partial charge is 0.207 e. The van der Waals surface area contributed by atoms with Crippen molar-refractivity contribution in [2.45, 2.75) is 39.0 Å². The van der Waals surface area contributed by atoms with E-state index >= 15 is 0 Å². The molecule has 1 fully saturated rings. The molecule has 0 spiro atoms. The molecule has 0 heterocycles. The SMILES string of the molecule is CCC1CCC(C#N)(Cc2c(F)cccc2F)C1. The molecule has 1 aromatic carbocycles. The van der Waals surface area contributed by atoms with Crippen molar-refractivity contribution in [1.29, 1.82) is 5.26 Å². The fourth-order valence-electron chi connectivity index (χ4n) is 2.93. The van der Waals surface area contributed by atoms with Crippen LogP contribution in [0.4, 0.5) is 8.78 Å². The van der Waals surface area contributed by atoms with Crippen molar-refractivity contribution in [2.24, 2.45) is 11.3 Å². The Hall–Kier alpha value is -1.43. The molecule has 96 valence electrons. The average molecular weight is 249 g/mol. The number of halogens is 2. The van der Waals surface area contributed by atoms with Gasteiger partial charge >= 0.3 is 0 Å². The van der Waals surface area contributed by atoms with E-state index in [9.17, 15) is 14.0 Å². The molecule has 1 aliphatic carbocycles. The van der Waals surface area contributed by atoms with Gasteiger partial charge in [-0.15, -0.1) is 0 Å². The van der Waals surface area contributed by atoms with Crippen LogP contribution < -0.4 is 0 Å². The molecule has 1 saturated carbocycles. The molecule has 1 nitrogen and oxygen atoms in total. The van der Waals surface area contributed by atoms with Gasteiger partial charge in [0.25, 0.3) is 0 Å². The van der Waals surface area contributed by atoms with Crippen LogP contribution in [-0.4, -0.2) is 0 Å². The second-order valence-corrected chi connectivity index (χ2v) is 5.29. The minimum Gasteiger partial charge on any atom is -0.207 e. The number of hydrogen-bond acceptors (Lipinski definition) is 1. The van der Waals surface area contributed by atoms with E-state index in [1.165, 1.54) is 18.2 Å². The summed E-state index contributed by atoms with van der Waals surface area (Å²) in [7, 11) is 0. The van der Waals surface area contributed by atoms with Crippen molar-refractivity contribution in [1.82, 2.24) is 0 Å². The van der Waals surface area contributed by atoms with Gasteiger partial charge in [-0.3, -0.25) is 0 Å². The molecule has 0 radical (unpaired) electrons. The Labute approximate surface area is 106 Å². The summed E-state index contributed by atoms with van der Waals surface area (Å²) in [5.41, 5.74) is -0.514. The van der Waals surface area contributed by atoms with Gasteiger partial charge in [-0.05, 0) is 43.7 Å². The van der Waals surface area contributed by atoms with Crippen LogP contribution in [0.15, 0.2) is 18.2 Å². The highest BCUT2D eigenvalue weighted by Crippen LogP contribution is 2.45. The third kappa shape index (κ3) is 2.38. The maximum Gasteiger partial charge on any atom is 0.129 e. The lowest BCUT2D eigenvalue weighted by atomic mass is 9.80. The summed E-state index contributed by atoms with van der Waals surface area (Å²) in [5, 5.41) is 9.38. The van der Waals surface area contributed by atoms with Crippen LogP contribution in [0, 0.1) is 34.3 Å². The molecule has 1 aromatic rings. The summed E-state index contributed by atoms with van der Waals surface area (Å²) >= 11 is 0. The van der Waals surface area contributed by atoms with E-state index in [2.05, 4.69) is 13.0 Å². The monoisotopic (exact) mass is 249 g/mol. The van der Waals surface area contributed by atoms with E-state index in [1.54, 1.807) is 0 Å². The van der Waals surface area contributed by atoms with Gasteiger partial charge in [-0.25, -0.2) is 8.78 Å². The zero-order valence-corrected chi connectivity index (χ0v) is 10.5. The number of nitriles is 1. The van der Waals surface area contributed by atoms with Crippen LogP contribution in [0.5, 0.6) is 0 Å². The highest BCUT2D eigenvalue weighted by Gasteiger charge is 2.39. The molecule has 18 heavy (non-hydrogen) atoms. The maximum atomic E-state index is 13.6. The van der Waals surface area contributed by atoms with Crippen LogP contribution in [0.3, 0.4) is 0 Å². The Morgan fingerprint density at radius 3 is 2.56 bits per heavy atom. The molecular weight excluding hydrogens is 232 g/mol. The molecule has 0 saturated heterocycles. The first kappa shape index (κ1) is 13.0. The van der Waals surface area contributed by atoms with E-state index in [4.69, 9.17) is 0 Å². The van der Waals surface area contributed by atoms with Gasteiger partial charge in [-0.1, -0.05) is 19.4 Å². The first-order chi connectivity index (χ1) is 8.60. The van der Waals surface area contributed by atoms with Crippen molar-refractivity contribution in [3.8, 4) is 6.07 Å². The smallest absolute Gasteiger partial charge is 0.129 e. The van der Waals surface area contributed by atoms with Gasteiger partial charge in [0, 0.05) is 5.56 Å². The molecule has 1 aliphatic rings. The number of benzene rings is 1. The Kier molecular flexibility index (Phi) is 3.65. The summed E-state index contributed by atoms with van der Waals surface area (Å²) in [4.78, 5) is 0. The predicted octanol–water partition coefficient (Wildman–Crippen LogP) is 4.23. The molecular formula is C15H17F2N. The van der Waals surface area contributed by atoms with Crippen LogP contribution in [0.2, 0.25) is 0 Å². The van der Waals surface area contributed by atoms with Gasteiger partial charge in [0.2, 0.25) is 0 Å². The molecule has 0 aromatic heterocycles.